The van der Waals surface area contributed by atoms with Gasteiger partial charge in [0, 0.05) is 28.5 Å². The lowest BCUT2D eigenvalue weighted by Crippen LogP contribution is -2.05. The molecule has 0 aliphatic rings. The summed E-state index contributed by atoms with van der Waals surface area (Å²) in [7, 11) is -3.28. The number of hydrogen-bond acceptors (Lipinski definition) is 7. The molecule has 24 heavy (non-hydrogen) atoms. The molecule has 0 aliphatic carbocycles. The van der Waals surface area contributed by atoms with Crippen LogP contribution in [0.4, 0.5) is 10.1 Å². The molecule has 9 heteroatoms. The molecule has 0 saturated carbocycles. The molecule has 0 unspecified atom stereocenters. The van der Waals surface area contributed by atoms with Gasteiger partial charge in [-0.1, -0.05) is 11.2 Å². The van der Waals surface area contributed by atoms with Crippen molar-refractivity contribution in [1.29, 1.82) is 0 Å². The van der Waals surface area contributed by atoms with E-state index in [1.165, 1.54) is 23.5 Å². The van der Waals surface area contributed by atoms with Crippen LogP contribution < -0.4 is 5.32 Å². The SMILES string of the molecule is CS(=O)(=O)Cc1ccc(NCc2nc(-c3ccsc3)no2)cc1F. The smallest absolute Gasteiger partial charge is 0.246 e. The van der Waals surface area contributed by atoms with Crippen molar-refractivity contribution in [2.24, 2.45) is 0 Å². The van der Waals surface area contributed by atoms with E-state index in [0.29, 0.717) is 17.4 Å². The number of hydrogen-bond donors (Lipinski definition) is 1. The second-order valence-electron chi connectivity index (χ2n) is 5.25. The van der Waals surface area contributed by atoms with Crippen LogP contribution in [0, 0.1) is 5.82 Å². The number of rotatable bonds is 6. The molecule has 0 atom stereocenters. The average molecular weight is 367 g/mol. The van der Waals surface area contributed by atoms with Crippen LogP contribution in [-0.4, -0.2) is 24.8 Å². The molecule has 2 heterocycles. The van der Waals surface area contributed by atoms with Gasteiger partial charge in [0.2, 0.25) is 11.7 Å². The number of halogens is 1. The first-order valence-electron chi connectivity index (χ1n) is 6.96. The lowest BCUT2D eigenvalue weighted by Gasteiger charge is -2.06. The van der Waals surface area contributed by atoms with Crippen LogP contribution in [0.5, 0.6) is 0 Å². The zero-order valence-electron chi connectivity index (χ0n) is 12.7. The Labute approximate surface area is 142 Å². The van der Waals surface area contributed by atoms with E-state index in [-0.39, 0.29) is 17.9 Å². The molecule has 1 N–H and O–H groups in total. The summed E-state index contributed by atoms with van der Waals surface area (Å²) in [5.41, 5.74) is 1.52. The summed E-state index contributed by atoms with van der Waals surface area (Å²) in [6.45, 7) is 0.238. The largest absolute Gasteiger partial charge is 0.376 e. The third-order valence-electron chi connectivity index (χ3n) is 3.16. The molecule has 0 amide bonds. The van der Waals surface area contributed by atoms with Gasteiger partial charge in [0.1, 0.15) is 5.82 Å². The minimum atomic E-state index is -3.28. The lowest BCUT2D eigenvalue weighted by atomic mass is 10.2. The number of anilines is 1. The van der Waals surface area contributed by atoms with Gasteiger partial charge in [-0.3, -0.25) is 0 Å². The zero-order chi connectivity index (χ0) is 17.2. The summed E-state index contributed by atoms with van der Waals surface area (Å²) in [6.07, 6.45) is 1.07. The van der Waals surface area contributed by atoms with Crippen molar-refractivity contribution in [3.8, 4) is 11.4 Å². The van der Waals surface area contributed by atoms with Gasteiger partial charge < -0.3 is 9.84 Å². The first kappa shape index (κ1) is 16.6. The standard InChI is InChI=1S/C15H14FN3O3S2/c1-24(20,21)9-11-2-3-12(6-13(11)16)17-7-14-18-15(19-22-14)10-4-5-23-8-10/h2-6,8,17H,7,9H2,1H3. The van der Waals surface area contributed by atoms with Gasteiger partial charge >= 0.3 is 0 Å². The molecule has 0 bridgehead atoms. The maximum absolute atomic E-state index is 13.9. The highest BCUT2D eigenvalue weighted by atomic mass is 32.2. The normalized spacial score (nSPS) is 11.6. The Hall–Kier alpha value is -2.26. The maximum atomic E-state index is 13.9. The minimum absolute atomic E-state index is 0.139. The number of sulfone groups is 1. The van der Waals surface area contributed by atoms with E-state index in [2.05, 4.69) is 15.5 Å². The van der Waals surface area contributed by atoms with Gasteiger partial charge in [-0.05, 0) is 23.6 Å². The molecule has 0 aliphatic heterocycles. The molecule has 0 fully saturated rings. The van der Waals surface area contributed by atoms with Crippen LogP contribution in [0.15, 0.2) is 39.5 Å². The van der Waals surface area contributed by atoms with Gasteiger partial charge in [0.05, 0.1) is 12.3 Å². The van der Waals surface area contributed by atoms with Crippen LogP contribution in [0.3, 0.4) is 0 Å². The predicted octanol–water partition coefficient (Wildman–Crippen LogP) is 3.09. The Morgan fingerprint density at radius 2 is 2.17 bits per heavy atom. The van der Waals surface area contributed by atoms with Crippen LogP contribution in [0.25, 0.3) is 11.4 Å². The molecule has 2 aromatic heterocycles. The quantitative estimate of drug-likeness (QED) is 0.721. The van der Waals surface area contributed by atoms with E-state index >= 15 is 0 Å². The number of nitrogens with one attached hydrogen (secondary N) is 1. The first-order valence-corrected chi connectivity index (χ1v) is 9.96. The summed E-state index contributed by atoms with van der Waals surface area (Å²) < 4.78 is 41.6. The highest BCUT2D eigenvalue weighted by Crippen LogP contribution is 2.20. The summed E-state index contributed by atoms with van der Waals surface area (Å²) in [5.74, 6) is -0.0262. The van der Waals surface area contributed by atoms with E-state index in [9.17, 15) is 12.8 Å². The van der Waals surface area contributed by atoms with Crippen molar-refractivity contribution >= 4 is 26.9 Å². The molecule has 0 spiro atoms. The fourth-order valence-electron chi connectivity index (χ4n) is 2.07. The second kappa shape index (κ2) is 6.70. The summed E-state index contributed by atoms with van der Waals surface area (Å²) in [4.78, 5) is 4.25. The lowest BCUT2D eigenvalue weighted by molar-refractivity contribution is 0.384. The monoisotopic (exact) mass is 367 g/mol. The van der Waals surface area contributed by atoms with Crippen molar-refractivity contribution < 1.29 is 17.3 Å². The fraction of sp³-hybridized carbons (Fsp3) is 0.200. The Balaban J connectivity index is 1.66. The number of thiophene rings is 1. The summed E-state index contributed by atoms with van der Waals surface area (Å²) in [5, 5.41) is 10.7. The molecule has 3 aromatic rings. The Bertz CT molecular complexity index is 937. The van der Waals surface area contributed by atoms with Crippen molar-refractivity contribution in [3.63, 3.8) is 0 Å². The predicted molar refractivity (Wildman–Crippen MR) is 89.9 cm³/mol. The molecular weight excluding hydrogens is 353 g/mol. The van der Waals surface area contributed by atoms with Gasteiger partial charge in [-0.25, -0.2) is 12.8 Å². The highest BCUT2D eigenvalue weighted by molar-refractivity contribution is 7.89. The summed E-state index contributed by atoms with van der Waals surface area (Å²) in [6, 6.07) is 6.20. The number of nitrogens with zero attached hydrogens (tertiary/aromatic N) is 2. The molecular formula is C15H14FN3O3S2. The van der Waals surface area contributed by atoms with Gasteiger partial charge in [0.15, 0.2) is 9.84 Å². The molecule has 0 radical (unpaired) electrons. The Kier molecular flexibility index (Phi) is 4.63. The second-order valence-corrected chi connectivity index (χ2v) is 8.17. The van der Waals surface area contributed by atoms with Gasteiger partial charge in [-0.15, -0.1) is 0 Å². The molecule has 6 nitrogen and oxygen atoms in total. The Morgan fingerprint density at radius 3 is 2.83 bits per heavy atom. The minimum Gasteiger partial charge on any atom is -0.376 e. The topological polar surface area (TPSA) is 85.1 Å². The molecule has 3 rings (SSSR count). The molecule has 0 saturated heterocycles. The third kappa shape index (κ3) is 4.18. The van der Waals surface area contributed by atoms with Crippen LogP contribution in [-0.2, 0) is 22.1 Å². The number of aromatic nitrogens is 2. The van der Waals surface area contributed by atoms with Crippen molar-refractivity contribution in [1.82, 2.24) is 10.1 Å². The van der Waals surface area contributed by atoms with Crippen molar-refractivity contribution in [3.05, 3.63) is 52.3 Å². The summed E-state index contributed by atoms with van der Waals surface area (Å²) >= 11 is 1.54. The van der Waals surface area contributed by atoms with Crippen LogP contribution in [0.1, 0.15) is 11.5 Å². The third-order valence-corrected chi connectivity index (χ3v) is 4.68. The zero-order valence-corrected chi connectivity index (χ0v) is 14.3. The fourth-order valence-corrected chi connectivity index (χ4v) is 3.50. The first-order chi connectivity index (χ1) is 11.4. The van der Waals surface area contributed by atoms with Crippen molar-refractivity contribution in [2.75, 3.05) is 11.6 Å². The van der Waals surface area contributed by atoms with Crippen LogP contribution >= 0.6 is 11.3 Å². The van der Waals surface area contributed by atoms with Gasteiger partial charge in [0.25, 0.3) is 0 Å². The highest BCUT2D eigenvalue weighted by Gasteiger charge is 2.11. The molecule has 1 aromatic carbocycles. The van der Waals surface area contributed by atoms with E-state index in [1.54, 1.807) is 6.07 Å². The van der Waals surface area contributed by atoms with Gasteiger partial charge in [-0.2, -0.15) is 16.3 Å². The average Bonchev–Trinajstić information content (AvgIpc) is 3.17. The Morgan fingerprint density at radius 1 is 1.33 bits per heavy atom. The van der Waals surface area contributed by atoms with E-state index in [4.69, 9.17) is 4.52 Å². The van der Waals surface area contributed by atoms with Crippen LogP contribution in [0.2, 0.25) is 0 Å². The molecule has 126 valence electrons. The van der Waals surface area contributed by atoms with E-state index in [0.717, 1.165) is 11.8 Å². The number of benzene rings is 1. The van der Waals surface area contributed by atoms with E-state index < -0.39 is 15.7 Å². The van der Waals surface area contributed by atoms with Crippen molar-refractivity contribution in [2.45, 2.75) is 12.3 Å². The maximum Gasteiger partial charge on any atom is 0.246 e. The van der Waals surface area contributed by atoms with E-state index in [1.807, 2.05) is 16.8 Å².